The summed E-state index contributed by atoms with van der Waals surface area (Å²) in [5.74, 6) is 1.51. The molecule has 0 N–H and O–H groups in total. The minimum absolute atomic E-state index is 0.753. The fraction of sp³-hybridized carbons (Fsp3) is 0. The SMILES string of the molecule is c1ccc(-c2ccc3c(c2)c2cc(-c4ccccc4)ccc2n3-c2nc(-n3c4ccccc4c4cnccc43)c(-n3c4ccc(-c5ccccc5)cc4c4cc(-c5ccccc5)ccc43)c(-c3ccccc3)c2-n2c3ccc(-c4ccccc4)cc3c3cc(-c4ccccc4)ccc32)cc1. The first kappa shape index (κ1) is 56.9. The lowest BCUT2D eigenvalue weighted by Gasteiger charge is -2.27. The molecule has 20 aromatic rings. The van der Waals surface area contributed by atoms with Gasteiger partial charge in [0, 0.05) is 61.0 Å². The zero-order valence-corrected chi connectivity index (χ0v) is 54.3. The van der Waals surface area contributed by atoms with Crippen LogP contribution in [0, 0.1) is 0 Å². The molecule has 0 atom stereocenters. The zero-order chi connectivity index (χ0) is 65.8. The van der Waals surface area contributed by atoms with Crippen LogP contribution in [0.4, 0.5) is 0 Å². The van der Waals surface area contributed by atoms with Crippen molar-refractivity contribution >= 4 is 87.2 Å². The molecule has 0 aliphatic heterocycles. The Balaban J connectivity index is 1.03. The van der Waals surface area contributed by atoms with Crippen molar-refractivity contribution in [3.05, 3.63) is 364 Å². The van der Waals surface area contributed by atoms with Gasteiger partial charge in [-0.05, 0) is 157 Å². The Kier molecular flexibility index (Phi) is 13.2. The first-order valence-corrected chi connectivity index (χ1v) is 34.2. The number of para-hydroxylation sites is 1. The molecule has 0 saturated carbocycles. The molecule has 0 amide bonds. The highest BCUT2D eigenvalue weighted by atomic mass is 15.2. The van der Waals surface area contributed by atoms with Gasteiger partial charge in [0.15, 0.2) is 11.6 Å². The maximum atomic E-state index is 6.67. The summed E-state index contributed by atoms with van der Waals surface area (Å²) in [6.45, 7) is 0. The van der Waals surface area contributed by atoms with E-state index in [4.69, 9.17) is 9.97 Å². The molecular formula is C94H60N6. The van der Waals surface area contributed by atoms with E-state index in [1.165, 1.54) is 0 Å². The standard InChI is InChI=1S/C94H60N6/c1-8-24-61(25-9-1)68-40-46-83-75(54-68)76-55-69(62-26-10-2-11-27-62)41-47-84(76)97(83)91-90(67-36-20-7-21-37-67)92(98-85-48-42-70(63-28-12-3-13-29-63)56-77(85)78-57-71(43-49-86(78)98)64-30-14-4-15-31-64)94(96-93(91)99-82-39-23-22-38-74(82)81-60-95-53-52-89(81)99)100-87-50-44-72(65-32-16-5-17-33-65)58-79(87)80-59-73(45-51-88(80)100)66-34-18-6-19-35-66/h1-60H. The van der Waals surface area contributed by atoms with Crippen LogP contribution in [0.5, 0.6) is 0 Å². The molecule has 0 bridgehead atoms. The molecule has 6 nitrogen and oxygen atoms in total. The number of rotatable bonds is 11. The van der Waals surface area contributed by atoms with E-state index in [0.717, 1.165) is 188 Å². The van der Waals surface area contributed by atoms with E-state index >= 15 is 0 Å². The van der Waals surface area contributed by atoms with Crippen LogP contribution in [0.3, 0.4) is 0 Å². The Hall–Kier alpha value is -13.4. The number of nitrogens with zero attached hydrogens (tertiary/aromatic N) is 6. The fourth-order valence-corrected chi connectivity index (χ4v) is 15.8. The molecule has 0 aliphatic carbocycles. The van der Waals surface area contributed by atoms with Gasteiger partial charge < -0.3 is 9.13 Å². The van der Waals surface area contributed by atoms with Crippen LogP contribution in [0.15, 0.2) is 364 Å². The largest absolute Gasteiger partial charge is 0.305 e. The molecule has 20 rings (SSSR count). The lowest BCUT2D eigenvalue weighted by atomic mass is 10.00. The van der Waals surface area contributed by atoms with Crippen LogP contribution < -0.4 is 0 Å². The third kappa shape index (κ3) is 9.12. The summed E-state index contributed by atoms with van der Waals surface area (Å²) < 4.78 is 10.0. The smallest absolute Gasteiger partial charge is 0.165 e. The predicted molar refractivity (Wildman–Crippen MR) is 417 cm³/mol. The molecule has 0 saturated heterocycles. The van der Waals surface area contributed by atoms with Crippen molar-refractivity contribution in [3.8, 4) is 101 Å². The zero-order valence-electron chi connectivity index (χ0n) is 54.3. The molecule has 0 fully saturated rings. The molecule has 6 aromatic heterocycles. The Morgan fingerprint density at radius 3 is 0.740 bits per heavy atom. The molecule has 466 valence electrons. The number of hydrogen-bond donors (Lipinski definition) is 0. The van der Waals surface area contributed by atoms with E-state index in [1.54, 1.807) is 0 Å². The molecule has 100 heavy (non-hydrogen) atoms. The molecule has 6 heterocycles. The number of pyridine rings is 2. The third-order valence-corrected chi connectivity index (χ3v) is 20.5. The monoisotopic (exact) mass is 1270 g/mol. The third-order valence-electron chi connectivity index (χ3n) is 20.5. The number of aromatic nitrogens is 6. The molecule has 0 aliphatic rings. The summed E-state index contributed by atoms with van der Waals surface area (Å²) in [6, 6.07) is 129. The van der Waals surface area contributed by atoms with Crippen LogP contribution in [0.25, 0.3) is 188 Å². The normalized spacial score (nSPS) is 11.8. The van der Waals surface area contributed by atoms with Crippen molar-refractivity contribution in [1.82, 2.24) is 28.2 Å². The second kappa shape index (κ2) is 23.2. The maximum Gasteiger partial charge on any atom is 0.165 e. The summed E-state index contributed by atoms with van der Waals surface area (Å²) >= 11 is 0. The van der Waals surface area contributed by atoms with Crippen molar-refractivity contribution in [2.45, 2.75) is 0 Å². The fourth-order valence-electron chi connectivity index (χ4n) is 15.8. The van der Waals surface area contributed by atoms with Gasteiger partial charge in [0.2, 0.25) is 0 Å². The van der Waals surface area contributed by atoms with E-state index in [-0.39, 0.29) is 0 Å². The van der Waals surface area contributed by atoms with Crippen LogP contribution in [-0.4, -0.2) is 28.2 Å². The van der Waals surface area contributed by atoms with Gasteiger partial charge in [-0.2, -0.15) is 0 Å². The Bertz CT molecular complexity index is 6250. The molecule has 0 spiro atoms. The molecule has 6 heteroatoms. The highest BCUT2D eigenvalue weighted by molar-refractivity contribution is 6.18. The highest BCUT2D eigenvalue weighted by Crippen LogP contribution is 2.51. The first-order valence-electron chi connectivity index (χ1n) is 34.2. The van der Waals surface area contributed by atoms with Gasteiger partial charge in [0.1, 0.15) is 11.4 Å². The number of hydrogen-bond acceptors (Lipinski definition) is 2. The molecule has 14 aromatic carbocycles. The number of benzene rings is 14. The van der Waals surface area contributed by atoms with Gasteiger partial charge in [0.05, 0.1) is 44.1 Å². The summed E-state index contributed by atoms with van der Waals surface area (Å²) in [5.41, 5.74) is 25.8. The van der Waals surface area contributed by atoms with E-state index in [9.17, 15) is 0 Å². The minimum atomic E-state index is 0.753. The van der Waals surface area contributed by atoms with Crippen molar-refractivity contribution in [2.75, 3.05) is 0 Å². The van der Waals surface area contributed by atoms with Gasteiger partial charge >= 0.3 is 0 Å². The Labute approximate surface area is 577 Å². The number of fused-ring (bicyclic) bond motifs is 12. The van der Waals surface area contributed by atoms with Crippen molar-refractivity contribution in [2.24, 2.45) is 0 Å². The summed E-state index contributed by atoms with van der Waals surface area (Å²) in [4.78, 5) is 11.5. The predicted octanol–water partition coefficient (Wildman–Crippen LogP) is 24.5. The van der Waals surface area contributed by atoms with Crippen LogP contribution in [-0.2, 0) is 0 Å². The summed E-state index contributed by atoms with van der Waals surface area (Å²) in [7, 11) is 0. The molecule has 0 radical (unpaired) electrons. The quantitative estimate of drug-likeness (QED) is 0.130. The lowest BCUT2D eigenvalue weighted by Crippen LogP contribution is -2.16. The summed E-state index contributed by atoms with van der Waals surface area (Å²) in [5, 5.41) is 8.85. The highest BCUT2D eigenvalue weighted by Gasteiger charge is 2.33. The van der Waals surface area contributed by atoms with Gasteiger partial charge in [-0.1, -0.05) is 267 Å². The Morgan fingerprint density at radius 1 is 0.180 bits per heavy atom. The maximum absolute atomic E-state index is 6.67. The average Bonchev–Trinajstić information content (AvgIpc) is 1.50. The topological polar surface area (TPSA) is 45.5 Å². The van der Waals surface area contributed by atoms with Crippen LogP contribution >= 0.6 is 0 Å². The average molecular weight is 1270 g/mol. The van der Waals surface area contributed by atoms with E-state index in [0.29, 0.717) is 0 Å². The first-order chi connectivity index (χ1) is 49.6. The lowest BCUT2D eigenvalue weighted by molar-refractivity contribution is 0.961. The second-order valence-electron chi connectivity index (χ2n) is 26.0. The van der Waals surface area contributed by atoms with Gasteiger partial charge in [-0.15, -0.1) is 0 Å². The van der Waals surface area contributed by atoms with E-state index in [2.05, 4.69) is 370 Å². The second-order valence-corrected chi connectivity index (χ2v) is 26.0. The van der Waals surface area contributed by atoms with Gasteiger partial charge in [-0.3, -0.25) is 14.1 Å². The molecule has 0 unspecified atom stereocenters. The molecular weight excluding hydrogens is 1210 g/mol. The van der Waals surface area contributed by atoms with E-state index < -0.39 is 0 Å². The van der Waals surface area contributed by atoms with Crippen LogP contribution in [0.1, 0.15) is 0 Å². The van der Waals surface area contributed by atoms with Crippen molar-refractivity contribution in [3.63, 3.8) is 0 Å². The minimum Gasteiger partial charge on any atom is -0.305 e. The summed E-state index contributed by atoms with van der Waals surface area (Å²) in [6.07, 6.45) is 3.94. The van der Waals surface area contributed by atoms with Crippen molar-refractivity contribution < 1.29 is 0 Å². The Morgan fingerprint density at radius 2 is 0.430 bits per heavy atom. The van der Waals surface area contributed by atoms with Gasteiger partial charge in [-0.25, -0.2) is 4.98 Å². The van der Waals surface area contributed by atoms with Gasteiger partial charge in [0.25, 0.3) is 0 Å². The van der Waals surface area contributed by atoms with E-state index in [1.807, 2.05) is 12.4 Å². The van der Waals surface area contributed by atoms with Crippen LogP contribution in [0.2, 0.25) is 0 Å². The van der Waals surface area contributed by atoms with Crippen molar-refractivity contribution in [1.29, 1.82) is 0 Å².